The molecule has 192 valence electrons. The summed E-state index contributed by atoms with van der Waals surface area (Å²) in [4.78, 5) is 11.1. The van der Waals surface area contributed by atoms with Crippen molar-refractivity contribution in [3.63, 3.8) is 0 Å². The highest BCUT2D eigenvalue weighted by molar-refractivity contribution is 5.79. The van der Waals surface area contributed by atoms with E-state index in [0.717, 1.165) is 24.0 Å². The third kappa shape index (κ3) is 4.94. The van der Waals surface area contributed by atoms with Crippen LogP contribution in [0.5, 0.6) is 0 Å². The number of aromatic nitrogens is 3. The Morgan fingerprint density at radius 1 is 1.11 bits per heavy atom. The number of hydrogen-bond acceptors (Lipinski definition) is 6. The van der Waals surface area contributed by atoms with E-state index in [-0.39, 0.29) is 12.1 Å². The van der Waals surface area contributed by atoms with Crippen molar-refractivity contribution in [1.29, 1.82) is 0 Å². The van der Waals surface area contributed by atoms with Crippen molar-refractivity contribution < 1.29 is 13.5 Å². The summed E-state index contributed by atoms with van der Waals surface area (Å²) < 4.78 is 37.1. The van der Waals surface area contributed by atoms with Crippen molar-refractivity contribution in [3.8, 4) is 5.69 Å². The average molecular weight is 505 g/mol. The van der Waals surface area contributed by atoms with Gasteiger partial charge in [0.15, 0.2) is 0 Å². The molecule has 7 nitrogen and oxygen atoms in total. The Hall–Kier alpha value is -3.40. The number of halogens is 2. The van der Waals surface area contributed by atoms with Crippen LogP contribution in [-0.4, -0.2) is 52.3 Å². The maximum absolute atomic E-state index is 15.0. The van der Waals surface area contributed by atoms with Crippen LogP contribution in [-0.2, 0) is 11.3 Å². The number of fused-ring (bicyclic) bond motifs is 1. The first-order valence-electron chi connectivity index (χ1n) is 12.8. The Kier molecular flexibility index (Phi) is 6.58. The smallest absolute Gasteiger partial charge is 0.229 e. The SMILES string of the molecule is Cc1cc(Nc2ncc3ccn(-c4cc(F)c(CN5CCOCC5)c(F)c4)c3n2)ccc1[C@H]1CCCN1. The van der Waals surface area contributed by atoms with E-state index < -0.39 is 11.6 Å². The fraction of sp³-hybridized carbons (Fsp3) is 0.357. The van der Waals surface area contributed by atoms with Gasteiger partial charge in [-0.3, -0.25) is 4.90 Å². The van der Waals surface area contributed by atoms with Gasteiger partial charge in [0.25, 0.3) is 0 Å². The van der Waals surface area contributed by atoms with Crippen molar-refractivity contribution in [1.82, 2.24) is 24.8 Å². The van der Waals surface area contributed by atoms with Crippen LogP contribution in [0.15, 0.2) is 48.8 Å². The van der Waals surface area contributed by atoms with Crippen molar-refractivity contribution in [3.05, 3.63) is 77.1 Å². The number of nitrogens with zero attached hydrogens (tertiary/aromatic N) is 4. The molecule has 0 radical (unpaired) electrons. The molecule has 2 aliphatic rings. The molecule has 9 heteroatoms. The minimum absolute atomic E-state index is 0.0747. The second-order valence-corrected chi connectivity index (χ2v) is 9.78. The van der Waals surface area contributed by atoms with Gasteiger partial charge in [-0.2, -0.15) is 4.98 Å². The van der Waals surface area contributed by atoms with Crippen LogP contribution in [0.25, 0.3) is 16.7 Å². The average Bonchev–Trinajstić information content (AvgIpc) is 3.57. The molecule has 6 rings (SSSR count). The van der Waals surface area contributed by atoms with Crippen molar-refractivity contribution >= 4 is 22.7 Å². The van der Waals surface area contributed by atoms with Crippen LogP contribution in [0.2, 0.25) is 0 Å². The van der Waals surface area contributed by atoms with Gasteiger partial charge < -0.3 is 19.9 Å². The molecule has 2 saturated heterocycles. The standard InChI is InChI=1S/C28H30F2N6O/c1-18-13-20(4-5-22(18)26-3-2-7-31-26)33-28-32-16-19-6-8-36(27(19)34-28)21-14-24(29)23(25(30)15-21)17-35-9-11-37-12-10-35/h4-6,8,13-16,26,31H,2-3,7,9-12,17H2,1H3,(H,32,33,34)/t26-/m1/s1. The first-order valence-corrected chi connectivity index (χ1v) is 12.8. The number of morpholine rings is 1. The molecule has 2 fully saturated rings. The highest BCUT2D eigenvalue weighted by Gasteiger charge is 2.20. The van der Waals surface area contributed by atoms with E-state index in [4.69, 9.17) is 4.74 Å². The van der Waals surface area contributed by atoms with Gasteiger partial charge in [0, 0.05) is 54.7 Å². The molecule has 0 saturated carbocycles. The Morgan fingerprint density at radius 3 is 2.65 bits per heavy atom. The largest absolute Gasteiger partial charge is 0.379 e. The van der Waals surface area contributed by atoms with Gasteiger partial charge in [-0.1, -0.05) is 6.07 Å². The summed E-state index contributed by atoms with van der Waals surface area (Å²) in [6.07, 6.45) is 5.82. The minimum atomic E-state index is -0.567. The Balaban J connectivity index is 1.26. The minimum Gasteiger partial charge on any atom is -0.379 e. The second kappa shape index (κ2) is 10.2. The number of rotatable bonds is 6. The van der Waals surface area contributed by atoms with Gasteiger partial charge >= 0.3 is 0 Å². The van der Waals surface area contributed by atoms with Gasteiger partial charge in [-0.25, -0.2) is 13.8 Å². The highest BCUT2D eigenvalue weighted by Crippen LogP contribution is 2.29. The molecule has 0 spiro atoms. The number of aryl methyl sites for hydroxylation is 1. The number of ether oxygens (including phenoxy) is 1. The van der Waals surface area contributed by atoms with E-state index in [9.17, 15) is 0 Å². The van der Waals surface area contributed by atoms with E-state index in [1.54, 1.807) is 17.0 Å². The summed E-state index contributed by atoms with van der Waals surface area (Å²) in [5.41, 5.74) is 4.43. The van der Waals surface area contributed by atoms with E-state index in [0.29, 0.717) is 49.6 Å². The predicted octanol–water partition coefficient (Wildman–Crippen LogP) is 5.01. The summed E-state index contributed by atoms with van der Waals surface area (Å²) in [5, 5.41) is 7.61. The monoisotopic (exact) mass is 504 g/mol. The van der Waals surface area contributed by atoms with E-state index >= 15 is 8.78 Å². The van der Waals surface area contributed by atoms with Crippen LogP contribution in [0, 0.1) is 18.6 Å². The predicted molar refractivity (Wildman–Crippen MR) is 139 cm³/mol. The molecule has 37 heavy (non-hydrogen) atoms. The van der Waals surface area contributed by atoms with Crippen LogP contribution < -0.4 is 10.6 Å². The Morgan fingerprint density at radius 2 is 1.92 bits per heavy atom. The van der Waals surface area contributed by atoms with Gasteiger partial charge in [0.2, 0.25) is 5.95 Å². The first kappa shape index (κ1) is 24.0. The summed E-state index contributed by atoms with van der Waals surface area (Å²) in [7, 11) is 0. The molecule has 2 N–H and O–H groups in total. The summed E-state index contributed by atoms with van der Waals surface area (Å²) in [5.74, 6) is -0.713. The quantitative estimate of drug-likeness (QED) is 0.385. The van der Waals surface area contributed by atoms with E-state index in [1.165, 1.54) is 29.7 Å². The molecule has 4 heterocycles. The summed E-state index contributed by atoms with van der Waals surface area (Å²) in [6, 6.07) is 11.3. The third-order valence-electron chi connectivity index (χ3n) is 7.28. The Labute approximate surface area is 214 Å². The molecule has 2 aromatic carbocycles. The molecule has 2 aromatic heterocycles. The van der Waals surface area contributed by atoms with E-state index in [2.05, 4.69) is 39.7 Å². The summed E-state index contributed by atoms with van der Waals surface area (Å²) >= 11 is 0. The van der Waals surface area contributed by atoms with Crippen LogP contribution >= 0.6 is 0 Å². The molecule has 1 atom stereocenters. The van der Waals surface area contributed by atoms with Gasteiger partial charge in [-0.15, -0.1) is 0 Å². The highest BCUT2D eigenvalue weighted by atomic mass is 19.1. The molecular formula is C28H30F2N6O. The zero-order chi connectivity index (χ0) is 25.4. The number of benzene rings is 2. The molecule has 0 amide bonds. The van der Waals surface area contributed by atoms with Gasteiger partial charge in [-0.05, 0) is 67.8 Å². The maximum Gasteiger partial charge on any atom is 0.229 e. The zero-order valence-electron chi connectivity index (χ0n) is 20.8. The topological polar surface area (TPSA) is 67.2 Å². The molecule has 0 bridgehead atoms. The normalized spacial score (nSPS) is 18.5. The number of nitrogens with one attached hydrogen (secondary N) is 2. The maximum atomic E-state index is 15.0. The zero-order valence-corrected chi connectivity index (χ0v) is 20.8. The lowest BCUT2D eigenvalue weighted by molar-refractivity contribution is 0.0332. The number of anilines is 2. The fourth-order valence-electron chi connectivity index (χ4n) is 5.27. The van der Waals surface area contributed by atoms with Gasteiger partial charge in [0.1, 0.15) is 17.3 Å². The van der Waals surface area contributed by atoms with Crippen molar-refractivity contribution in [2.45, 2.75) is 32.4 Å². The van der Waals surface area contributed by atoms with E-state index in [1.807, 2.05) is 17.0 Å². The van der Waals surface area contributed by atoms with Crippen molar-refractivity contribution in [2.75, 3.05) is 38.2 Å². The van der Waals surface area contributed by atoms with Crippen LogP contribution in [0.4, 0.5) is 20.4 Å². The molecule has 2 aliphatic heterocycles. The number of hydrogen-bond donors (Lipinski definition) is 2. The first-order chi connectivity index (χ1) is 18.0. The van der Waals surface area contributed by atoms with Crippen LogP contribution in [0.1, 0.15) is 35.6 Å². The molecule has 4 aromatic rings. The lowest BCUT2D eigenvalue weighted by Gasteiger charge is -2.27. The van der Waals surface area contributed by atoms with Crippen LogP contribution in [0.3, 0.4) is 0 Å². The fourth-order valence-corrected chi connectivity index (χ4v) is 5.27. The molecule has 0 aliphatic carbocycles. The summed E-state index contributed by atoms with van der Waals surface area (Å²) in [6.45, 7) is 5.87. The Bertz CT molecular complexity index is 1400. The van der Waals surface area contributed by atoms with Gasteiger partial charge in [0.05, 0.1) is 18.9 Å². The lowest BCUT2D eigenvalue weighted by atomic mass is 9.99. The second-order valence-electron chi connectivity index (χ2n) is 9.78. The third-order valence-corrected chi connectivity index (χ3v) is 7.28. The molecule has 0 unspecified atom stereocenters. The van der Waals surface area contributed by atoms with Crippen molar-refractivity contribution in [2.24, 2.45) is 0 Å². The lowest BCUT2D eigenvalue weighted by Crippen LogP contribution is -2.36. The molecular weight excluding hydrogens is 474 g/mol.